The van der Waals surface area contributed by atoms with Gasteiger partial charge < -0.3 is 19.9 Å². The Labute approximate surface area is 158 Å². The molecule has 8 heteroatoms. The molecule has 0 radical (unpaired) electrons. The third-order valence-corrected chi connectivity index (χ3v) is 5.78. The van der Waals surface area contributed by atoms with Crippen LogP contribution in [0.25, 0.3) is 0 Å². The Morgan fingerprint density at radius 2 is 2.27 bits per heavy atom. The van der Waals surface area contributed by atoms with E-state index in [1.165, 1.54) is 11.8 Å². The molecule has 0 spiro atoms. The summed E-state index contributed by atoms with van der Waals surface area (Å²) in [5, 5.41) is 6.94. The Hall–Kier alpha value is -1.54. The lowest BCUT2D eigenvalue weighted by atomic mass is 9.92. The summed E-state index contributed by atoms with van der Waals surface area (Å²) in [5.74, 6) is 0.302. The van der Waals surface area contributed by atoms with Gasteiger partial charge in [-0.1, -0.05) is 11.8 Å². The van der Waals surface area contributed by atoms with Crippen LogP contribution in [0.15, 0.2) is 17.6 Å². The molecule has 3 atom stereocenters. The highest BCUT2D eigenvalue weighted by atomic mass is 32.2. The molecular formula is C18H28N4O3S. The van der Waals surface area contributed by atoms with Crippen molar-refractivity contribution in [2.24, 2.45) is 0 Å². The van der Waals surface area contributed by atoms with Gasteiger partial charge in [0.2, 0.25) is 11.8 Å². The number of aromatic nitrogens is 2. The smallest absolute Gasteiger partial charge is 0.230 e. The summed E-state index contributed by atoms with van der Waals surface area (Å²) in [7, 11) is 0. The number of piperidine rings is 1. The molecule has 2 N–H and O–H groups in total. The minimum absolute atomic E-state index is 0.00278. The van der Waals surface area contributed by atoms with Gasteiger partial charge in [0.15, 0.2) is 5.16 Å². The van der Waals surface area contributed by atoms with Crippen LogP contribution < -0.4 is 10.6 Å². The third-order valence-electron chi connectivity index (χ3n) is 4.82. The fourth-order valence-corrected chi connectivity index (χ4v) is 4.46. The minimum atomic E-state index is -0.135. The van der Waals surface area contributed by atoms with Crippen LogP contribution in [0.2, 0.25) is 0 Å². The van der Waals surface area contributed by atoms with Crippen LogP contribution in [0, 0.1) is 0 Å². The molecule has 3 heterocycles. The third kappa shape index (κ3) is 4.59. The van der Waals surface area contributed by atoms with Crippen LogP contribution in [0.1, 0.15) is 46.5 Å². The predicted molar refractivity (Wildman–Crippen MR) is 100 cm³/mol. The van der Waals surface area contributed by atoms with E-state index in [-0.39, 0.29) is 35.5 Å². The van der Waals surface area contributed by atoms with Gasteiger partial charge >= 0.3 is 0 Å². The van der Waals surface area contributed by atoms with Crippen LogP contribution in [-0.2, 0) is 19.9 Å². The molecular weight excluding hydrogens is 352 g/mol. The number of nitrogens with one attached hydrogen (secondary N) is 2. The summed E-state index contributed by atoms with van der Waals surface area (Å²) < 4.78 is 7.81. The second-order valence-electron chi connectivity index (χ2n) is 7.90. The number of rotatable bonds is 5. The van der Waals surface area contributed by atoms with E-state index in [0.717, 1.165) is 24.6 Å². The average Bonchev–Trinajstić information content (AvgIpc) is 3.25. The van der Waals surface area contributed by atoms with E-state index in [2.05, 4.69) is 41.0 Å². The van der Waals surface area contributed by atoms with E-state index >= 15 is 0 Å². The van der Waals surface area contributed by atoms with Crippen LogP contribution in [0.4, 0.5) is 0 Å². The van der Waals surface area contributed by atoms with Crippen molar-refractivity contribution in [2.75, 3.05) is 12.4 Å². The Morgan fingerprint density at radius 1 is 1.46 bits per heavy atom. The Kier molecular flexibility index (Phi) is 5.92. The maximum atomic E-state index is 12.5. The first-order valence-electron chi connectivity index (χ1n) is 9.21. The van der Waals surface area contributed by atoms with E-state index < -0.39 is 0 Å². The van der Waals surface area contributed by atoms with Crippen LogP contribution >= 0.6 is 11.8 Å². The average molecular weight is 381 g/mol. The van der Waals surface area contributed by atoms with Gasteiger partial charge in [-0.3, -0.25) is 9.59 Å². The molecule has 3 rings (SSSR count). The second-order valence-corrected chi connectivity index (χ2v) is 8.84. The number of thioether (sulfide) groups is 1. The fraction of sp³-hybridized carbons (Fsp3) is 0.722. The Bertz CT molecular complexity index is 649. The number of carbonyl (C=O) groups is 2. The van der Waals surface area contributed by atoms with Gasteiger partial charge in [0.05, 0.1) is 23.9 Å². The molecule has 2 aliphatic rings. The lowest BCUT2D eigenvalue weighted by Gasteiger charge is -2.36. The number of ether oxygens (including phenoxy) is 1. The highest BCUT2D eigenvalue weighted by molar-refractivity contribution is 7.99. The fourth-order valence-electron chi connectivity index (χ4n) is 3.51. The van der Waals surface area contributed by atoms with Crippen molar-refractivity contribution in [1.82, 2.24) is 20.2 Å². The maximum absolute atomic E-state index is 12.5. The van der Waals surface area contributed by atoms with Crippen molar-refractivity contribution in [3.05, 3.63) is 12.4 Å². The van der Waals surface area contributed by atoms with Crippen LogP contribution in [0.5, 0.6) is 0 Å². The topological polar surface area (TPSA) is 85.2 Å². The molecule has 2 amide bonds. The summed E-state index contributed by atoms with van der Waals surface area (Å²) in [6, 6.07) is -0.212. The van der Waals surface area contributed by atoms with Crippen molar-refractivity contribution in [3.8, 4) is 0 Å². The summed E-state index contributed by atoms with van der Waals surface area (Å²) in [4.78, 5) is 28.6. The normalized spacial score (nSPS) is 26.6. The molecule has 2 fully saturated rings. The lowest BCUT2D eigenvalue weighted by molar-refractivity contribution is -0.127. The molecule has 2 aliphatic heterocycles. The van der Waals surface area contributed by atoms with Gasteiger partial charge in [-0.05, 0) is 40.0 Å². The molecule has 0 aliphatic carbocycles. The van der Waals surface area contributed by atoms with E-state index in [4.69, 9.17) is 4.74 Å². The number of hydrogen-bond donors (Lipinski definition) is 2. The van der Waals surface area contributed by atoms with Gasteiger partial charge in [0.25, 0.3) is 0 Å². The number of nitrogens with zero attached hydrogens (tertiary/aromatic N) is 2. The monoisotopic (exact) mass is 380 g/mol. The highest BCUT2D eigenvalue weighted by Gasteiger charge is 2.37. The minimum Gasteiger partial charge on any atom is -0.376 e. The van der Waals surface area contributed by atoms with Crippen LogP contribution in [-0.4, -0.2) is 51.9 Å². The van der Waals surface area contributed by atoms with Crippen molar-refractivity contribution in [1.29, 1.82) is 0 Å². The summed E-state index contributed by atoms with van der Waals surface area (Å²) >= 11 is 1.43. The highest BCUT2D eigenvalue weighted by Crippen LogP contribution is 2.25. The summed E-state index contributed by atoms with van der Waals surface area (Å²) in [6.45, 7) is 7.05. The van der Waals surface area contributed by atoms with Gasteiger partial charge in [0, 0.05) is 31.0 Å². The van der Waals surface area contributed by atoms with Crippen molar-refractivity contribution < 1.29 is 14.3 Å². The zero-order valence-electron chi connectivity index (χ0n) is 15.7. The Balaban J connectivity index is 1.56. The van der Waals surface area contributed by atoms with Crippen molar-refractivity contribution >= 4 is 23.6 Å². The van der Waals surface area contributed by atoms with E-state index in [0.29, 0.717) is 18.6 Å². The Morgan fingerprint density at radius 3 is 2.96 bits per heavy atom. The quantitative estimate of drug-likeness (QED) is 0.759. The van der Waals surface area contributed by atoms with Gasteiger partial charge in [0.1, 0.15) is 0 Å². The van der Waals surface area contributed by atoms with E-state index in [1.807, 2.05) is 6.20 Å². The van der Waals surface area contributed by atoms with Crippen LogP contribution in [0.3, 0.4) is 0 Å². The first-order chi connectivity index (χ1) is 12.3. The zero-order valence-corrected chi connectivity index (χ0v) is 16.5. The zero-order chi connectivity index (χ0) is 18.7. The number of carbonyl (C=O) groups excluding carboxylic acids is 2. The largest absolute Gasteiger partial charge is 0.376 e. The molecule has 1 aromatic heterocycles. The first-order valence-corrected chi connectivity index (χ1v) is 10.2. The number of hydrogen-bond acceptors (Lipinski definition) is 5. The van der Waals surface area contributed by atoms with Crippen molar-refractivity contribution in [3.63, 3.8) is 0 Å². The van der Waals surface area contributed by atoms with Gasteiger partial charge in [-0.2, -0.15) is 0 Å². The molecule has 0 bridgehead atoms. The molecule has 1 aromatic rings. The number of imidazole rings is 1. The van der Waals surface area contributed by atoms with E-state index in [1.54, 1.807) is 6.20 Å². The molecule has 26 heavy (non-hydrogen) atoms. The molecule has 3 unspecified atom stereocenters. The molecule has 7 nitrogen and oxygen atoms in total. The van der Waals surface area contributed by atoms with Gasteiger partial charge in [-0.15, -0.1) is 0 Å². The number of amides is 2. The lowest BCUT2D eigenvalue weighted by Crippen LogP contribution is -2.60. The SMILES string of the molecule is CC(C)(C)n1ccnc1SCC(=O)NC1CCC(=O)NC1C1CCCO1. The predicted octanol–water partition coefficient (Wildman–Crippen LogP) is 1.67. The molecule has 144 valence electrons. The standard InChI is InChI=1S/C18H28N4O3S/c1-18(2,3)22-9-8-19-17(22)26-11-15(24)20-12-6-7-14(23)21-16(12)13-5-4-10-25-13/h8-9,12-13,16H,4-7,10-11H2,1-3H3,(H,20,24)(H,21,23). The summed E-state index contributed by atoms with van der Waals surface area (Å²) in [6.07, 6.45) is 6.72. The van der Waals surface area contributed by atoms with Gasteiger partial charge in [-0.25, -0.2) is 4.98 Å². The first kappa shape index (κ1) is 19.2. The molecule has 0 aromatic carbocycles. The molecule has 2 saturated heterocycles. The second kappa shape index (κ2) is 8.00. The maximum Gasteiger partial charge on any atom is 0.230 e. The summed E-state index contributed by atoms with van der Waals surface area (Å²) in [5.41, 5.74) is -0.0755. The van der Waals surface area contributed by atoms with E-state index in [9.17, 15) is 9.59 Å². The van der Waals surface area contributed by atoms with Crippen molar-refractivity contribution in [2.45, 2.75) is 75.3 Å². The molecule has 0 saturated carbocycles.